The standard InChI is InChI=1S/C22H26N4O3/c1-3-16-14(2)23-20(24-21(16)28)18-9-6-11-26(18)19(27)10-12-25-13-15-7-4-5-8-17(15)22(25)29/h4-5,7-8,18H,3,6,9-13H2,1-2H3,(H,23,24,28)/t18-/m1/s1. The molecule has 0 bridgehead atoms. The SMILES string of the molecule is CCc1c(C)nc([C@H]2CCCN2C(=O)CCN2Cc3ccccc3C2=O)[nH]c1=O. The Bertz CT molecular complexity index is 1010. The molecule has 1 aromatic heterocycles. The molecule has 2 aromatic rings. The first-order valence-electron chi connectivity index (χ1n) is 10.3. The third-order valence-electron chi connectivity index (χ3n) is 5.97. The maximum absolute atomic E-state index is 12.9. The topological polar surface area (TPSA) is 86.4 Å². The molecule has 2 aliphatic rings. The van der Waals surface area contributed by atoms with E-state index in [1.165, 1.54) is 0 Å². The minimum absolute atomic E-state index is 0.00359. The summed E-state index contributed by atoms with van der Waals surface area (Å²) >= 11 is 0. The summed E-state index contributed by atoms with van der Waals surface area (Å²) in [5, 5.41) is 0. The average molecular weight is 394 g/mol. The zero-order valence-electron chi connectivity index (χ0n) is 16.9. The van der Waals surface area contributed by atoms with Gasteiger partial charge in [0.1, 0.15) is 5.82 Å². The summed E-state index contributed by atoms with van der Waals surface area (Å²) in [4.78, 5) is 48.8. The Kier molecular flexibility index (Phi) is 5.22. The van der Waals surface area contributed by atoms with E-state index in [9.17, 15) is 14.4 Å². The minimum atomic E-state index is -0.203. The van der Waals surface area contributed by atoms with Gasteiger partial charge < -0.3 is 14.8 Å². The summed E-state index contributed by atoms with van der Waals surface area (Å²) < 4.78 is 0. The van der Waals surface area contributed by atoms with E-state index in [1.807, 2.05) is 38.1 Å². The normalized spacial score (nSPS) is 18.4. The highest BCUT2D eigenvalue weighted by molar-refractivity contribution is 5.98. The molecule has 1 saturated heterocycles. The van der Waals surface area contributed by atoms with Crippen molar-refractivity contribution in [2.45, 2.75) is 52.1 Å². The lowest BCUT2D eigenvalue weighted by molar-refractivity contribution is -0.132. The van der Waals surface area contributed by atoms with Crippen molar-refractivity contribution in [3.8, 4) is 0 Å². The molecule has 0 saturated carbocycles. The van der Waals surface area contributed by atoms with Gasteiger partial charge in [-0.2, -0.15) is 0 Å². The molecule has 4 rings (SSSR count). The number of carbonyl (C=O) groups excluding carboxylic acids is 2. The van der Waals surface area contributed by atoms with Crippen LogP contribution in [-0.4, -0.2) is 44.7 Å². The number of hydrogen-bond donors (Lipinski definition) is 1. The summed E-state index contributed by atoms with van der Waals surface area (Å²) in [7, 11) is 0. The van der Waals surface area contributed by atoms with E-state index < -0.39 is 0 Å². The van der Waals surface area contributed by atoms with Crippen LogP contribution < -0.4 is 5.56 Å². The van der Waals surface area contributed by atoms with Crippen LogP contribution in [0.1, 0.15) is 65.2 Å². The van der Waals surface area contributed by atoms with Gasteiger partial charge in [-0.15, -0.1) is 0 Å². The number of aryl methyl sites for hydroxylation is 1. The van der Waals surface area contributed by atoms with Crippen LogP contribution in [0.5, 0.6) is 0 Å². The number of rotatable bonds is 5. The van der Waals surface area contributed by atoms with Gasteiger partial charge in [-0.3, -0.25) is 14.4 Å². The molecule has 1 fully saturated rings. The second kappa shape index (κ2) is 7.81. The first kappa shape index (κ1) is 19.4. The van der Waals surface area contributed by atoms with Gasteiger partial charge in [-0.05, 0) is 37.8 Å². The van der Waals surface area contributed by atoms with Crippen molar-refractivity contribution in [3.63, 3.8) is 0 Å². The molecular formula is C22H26N4O3. The van der Waals surface area contributed by atoms with Crippen LogP contribution in [0.2, 0.25) is 0 Å². The zero-order valence-corrected chi connectivity index (χ0v) is 16.9. The third kappa shape index (κ3) is 3.57. The molecule has 3 heterocycles. The Morgan fingerprint density at radius 1 is 1.28 bits per heavy atom. The Morgan fingerprint density at radius 2 is 2.07 bits per heavy atom. The fourth-order valence-electron chi connectivity index (χ4n) is 4.43. The fraction of sp³-hybridized carbons (Fsp3) is 0.455. The highest BCUT2D eigenvalue weighted by Gasteiger charge is 2.33. The van der Waals surface area contributed by atoms with Gasteiger partial charge in [0.2, 0.25) is 5.91 Å². The number of fused-ring (bicyclic) bond motifs is 1. The van der Waals surface area contributed by atoms with Crippen LogP contribution >= 0.6 is 0 Å². The van der Waals surface area contributed by atoms with E-state index >= 15 is 0 Å². The molecular weight excluding hydrogens is 368 g/mol. The lowest BCUT2D eigenvalue weighted by atomic mass is 10.1. The van der Waals surface area contributed by atoms with Crippen LogP contribution in [0.4, 0.5) is 0 Å². The van der Waals surface area contributed by atoms with E-state index in [-0.39, 0.29) is 29.8 Å². The van der Waals surface area contributed by atoms with Crippen LogP contribution in [0.3, 0.4) is 0 Å². The van der Waals surface area contributed by atoms with Crippen molar-refractivity contribution >= 4 is 11.8 Å². The maximum Gasteiger partial charge on any atom is 0.254 e. The molecule has 7 nitrogen and oxygen atoms in total. The number of H-pyrrole nitrogens is 1. The second-order valence-electron chi connectivity index (χ2n) is 7.75. The number of aromatic nitrogens is 2. The lowest BCUT2D eigenvalue weighted by Crippen LogP contribution is -2.36. The van der Waals surface area contributed by atoms with Gasteiger partial charge in [-0.1, -0.05) is 25.1 Å². The predicted molar refractivity (Wildman–Crippen MR) is 108 cm³/mol. The van der Waals surface area contributed by atoms with Crippen LogP contribution in [-0.2, 0) is 17.8 Å². The van der Waals surface area contributed by atoms with Crippen molar-refractivity contribution in [1.29, 1.82) is 0 Å². The number of hydrogen-bond acceptors (Lipinski definition) is 4. The first-order chi connectivity index (χ1) is 14.0. The summed E-state index contributed by atoms with van der Waals surface area (Å²) in [5.74, 6) is 0.555. The highest BCUT2D eigenvalue weighted by Crippen LogP contribution is 2.30. The molecule has 1 aromatic carbocycles. The molecule has 0 spiro atoms. The number of carbonyl (C=O) groups is 2. The van der Waals surface area contributed by atoms with Gasteiger partial charge in [0, 0.05) is 42.9 Å². The molecule has 0 aliphatic carbocycles. The minimum Gasteiger partial charge on any atom is -0.334 e. The van der Waals surface area contributed by atoms with Crippen LogP contribution in [0.25, 0.3) is 0 Å². The molecule has 0 radical (unpaired) electrons. The van der Waals surface area contributed by atoms with Gasteiger partial charge in [0.05, 0.1) is 6.04 Å². The smallest absolute Gasteiger partial charge is 0.254 e. The van der Waals surface area contributed by atoms with Crippen molar-refractivity contribution in [3.05, 3.63) is 62.8 Å². The number of likely N-dealkylation sites (tertiary alicyclic amines) is 1. The van der Waals surface area contributed by atoms with E-state index in [4.69, 9.17) is 0 Å². The summed E-state index contributed by atoms with van der Waals surface area (Å²) in [6.45, 7) is 5.37. The highest BCUT2D eigenvalue weighted by atomic mass is 16.2. The number of amides is 2. The summed E-state index contributed by atoms with van der Waals surface area (Å²) in [5.41, 5.74) is 3.04. The molecule has 2 aliphatic heterocycles. The summed E-state index contributed by atoms with van der Waals surface area (Å²) in [6.07, 6.45) is 2.57. The fourth-order valence-corrected chi connectivity index (χ4v) is 4.43. The van der Waals surface area contributed by atoms with Crippen molar-refractivity contribution in [2.75, 3.05) is 13.1 Å². The molecule has 29 heavy (non-hydrogen) atoms. The Labute approximate surface area is 169 Å². The van der Waals surface area contributed by atoms with Crippen LogP contribution in [0.15, 0.2) is 29.1 Å². The van der Waals surface area contributed by atoms with E-state index in [1.54, 1.807) is 9.80 Å². The molecule has 1 N–H and O–H groups in total. The number of benzene rings is 1. The van der Waals surface area contributed by atoms with Crippen LogP contribution in [0, 0.1) is 6.92 Å². The molecule has 2 amide bonds. The Morgan fingerprint density at radius 3 is 2.79 bits per heavy atom. The third-order valence-corrected chi connectivity index (χ3v) is 5.97. The number of nitrogens with zero attached hydrogens (tertiary/aromatic N) is 3. The predicted octanol–water partition coefficient (Wildman–Crippen LogP) is 2.35. The monoisotopic (exact) mass is 394 g/mol. The van der Waals surface area contributed by atoms with Gasteiger partial charge >= 0.3 is 0 Å². The average Bonchev–Trinajstić information content (AvgIpc) is 3.31. The molecule has 152 valence electrons. The largest absolute Gasteiger partial charge is 0.334 e. The van der Waals surface area contributed by atoms with Crippen molar-refractivity contribution < 1.29 is 9.59 Å². The second-order valence-corrected chi connectivity index (χ2v) is 7.75. The molecule has 0 unspecified atom stereocenters. The maximum atomic E-state index is 12.9. The van der Waals surface area contributed by atoms with Gasteiger partial charge in [-0.25, -0.2) is 4.98 Å². The number of nitrogens with one attached hydrogen (secondary N) is 1. The first-order valence-corrected chi connectivity index (χ1v) is 10.3. The van der Waals surface area contributed by atoms with E-state index in [0.29, 0.717) is 37.4 Å². The lowest BCUT2D eigenvalue weighted by Gasteiger charge is -2.25. The molecule has 1 atom stereocenters. The Balaban J connectivity index is 1.44. The quantitative estimate of drug-likeness (QED) is 0.843. The summed E-state index contributed by atoms with van der Waals surface area (Å²) in [6, 6.07) is 7.37. The zero-order chi connectivity index (χ0) is 20.5. The van der Waals surface area contributed by atoms with Crippen molar-refractivity contribution in [1.82, 2.24) is 19.8 Å². The Hall–Kier alpha value is -2.96. The van der Waals surface area contributed by atoms with Gasteiger partial charge in [0.25, 0.3) is 11.5 Å². The van der Waals surface area contributed by atoms with Gasteiger partial charge in [0.15, 0.2) is 0 Å². The number of aromatic amines is 1. The van der Waals surface area contributed by atoms with E-state index in [0.717, 1.165) is 29.7 Å². The van der Waals surface area contributed by atoms with Crippen molar-refractivity contribution in [2.24, 2.45) is 0 Å². The molecule has 7 heteroatoms. The van der Waals surface area contributed by atoms with E-state index in [2.05, 4.69) is 9.97 Å².